The molecule has 2 saturated heterocycles. The number of nitrogens with zero attached hydrogens (tertiary/aromatic N) is 3. The Morgan fingerprint density at radius 2 is 1.74 bits per heavy atom. The zero-order valence-electron chi connectivity index (χ0n) is 14.7. The third-order valence-corrected chi connectivity index (χ3v) is 7.98. The lowest BCUT2D eigenvalue weighted by atomic mass is 9.86. The fourth-order valence-corrected chi connectivity index (χ4v) is 5.12. The minimum absolute atomic E-state index is 0.173. The summed E-state index contributed by atoms with van der Waals surface area (Å²) in [5.74, 6) is 0.815. The molecule has 6 nitrogen and oxygen atoms in total. The van der Waals surface area contributed by atoms with Crippen LogP contribution < -0.4 is 0 Å². The maximum absolute atomic E-state index is 12.3. The molecule has 3 aliphatic rings. The molecule has 0 amide bonds. The van der Waals surface area contributed by atoms with Crippen LogP contribution in [0.4, 0.5) is 0 Å². The Morgan fingerprint density at radius 1 is 1.09 bits per heavy atom. The van der Waals surface area contributed by atoms with E-state index >= 15 is 0 Å². The van der Waals surface area contributed by atoms with Crippen molar-refractivity contribution >= 4 is 10.2 Å². The Labute approximate surface area is 140 Å². The van der Waals surface area contributed by atoms with E-state index in [-0.39, 0.29) is 5.54 Å². The Hall–Kier alpha value is -0.210. The van der Waals surface area contributed by atoms with Gasteiger partial charge in [-0.15, -0.1) is 0 Å². The number of rotatable bonds is 6. The SMILES string of the molecule is CN1[C@@H](COCC2CC2)CCC12CCN(S(=O)(=O)N(C)C)CC2. The van der Waals surface area contributed by atoms with Crippen LogP contribution in [0, 0.1) is 5.92 Å². The van der Waals surface area contributed by atoms with Crippen LogP contribution in [-0.2, 0) is 14.9 Å². The first kappa shape index (κ1) is 17.6. The quantitative estimate of drug-likeness (QED) is 0.725. The molecule has 0 aromatic heterocycles. The topological polar surface area (TPSA) is 53.1 Å². The predicted octanol–water partition coefficient (Wildman–Crippen LogP) is 1.15. The number of ether oxygens (including phenoxy) is 1. The third kappa shape index (κ3) is 3.58. The zero-order chi connectivity index (χ0) is 16.7. The molecule has 2 heterocycles. The van der Waals surface area contributed by atoms with Gasteiger partial charge in [0.2, 0.25) is 0 Å². The number of hydrogen-bond acceptors (Lipinski definition) is 4. The number of piperidine rings is 1. The second kappa shape index (κ2) is 6.59. The minimum atomic E-state index is -3.27. The lowest BCUT2D eigenvalue weighted by Gasteiger charge is -2.44. The molecule has 0 N–H and O–H groups in total. The Bertz CT molecular complexity index is 511. The van der Waals surface area contributed by atoms with E-state index in [4.69, 9.17) is 4.74 Å². The summed E-state index contributed by atoms with van der Waals surface area (Å²) in [7, 11) is 2.14. The van der Waals surface area contributed by atoms with Gasteiger partial charge in [-0.1, -0.05) is 0 Å². The first-order chi connectivity index (χ1) is 10.8. The molecule has 2 aliphatic heterocycles. The Kier molecular flexibility index (Phi) is 5.05. The van der Waals surface area contributed by atoms with Gasteiger partial charge in [-0.25, -0.2) is 0 Å². The summed E-state index contributed by atoms with van der Waals surface area (Å²) in [6.07, 6.45) is 6.85. The van der Waals surface area contributed by atoms with E-state index in [1.165, 1.54) is 23.6 Å². The smallest absolute Gasteiger partial charge is 0.281 e. The average Bonchev–Trinajstić information content (AvgIpc) is 3.29. The van der Waals surface area contributed by atoms with Crippen molar-refractivity contribution in [2.75, 3.05) is 47.4 Å². The number of hydrogen-bond donors (Lipinski definition) is 0. The molecule has 0 aromatic rings. The second-order valence-electron chi connectivity index (χ2n) is 7.70. The van der Waals surface area contributed by atoms with Crippen LogP contribution in [0.1, 0.15) is 38.5 Å². The van der Waals surface area contributed by atoms with Gasteiger partial charge in [0.25, 0.3) is 10.2 Å². The van der Waals surface area contributed by atoms with Crippen molar-refractivity contribution in [3.63, 3.8) is 0 Å². The van der Waals surface area contributed by atoms with Crippen LogP contribution in [0.15, 0.2) is 0 Å². The fraction of sp³-hybridized carbons (Fsp3) is 1.00. The van der Waals surface area contributed by atoms with E-state index < -0.39 is 10.2 Å². The largest absolute Gasteiger partial charge is 0.380 e. The molecule has 1 spiro atoms. The predicted molar refractivity (Wildman–Crippen MR) is 90.5 cm³/mol. The summed E-state index contributed by atoms with van der Waals surface area (Å²) in [5, 5.41) is 0. The van der Waals surface area contributed by atoms with Gasteiger partial charge in [0.15, 0.2) is 0 Å². The highest BCUT2D eigenvalue weighted by Gasteiger charge is 2.47. The summed E-state index contributed by atoms with van der Waals surface area (Å²) < 4.78 is 33.4. The number of likely N-dealkylation sites (tertiary alicyclic amines) is 1. The molecule has 0 bridgehead atoms. The molecule has 3 fully saturated rings. The monoisotopic (exact) mass is 345 g/mol. The molecule has 0 aromatic carbocycles. The Balaban J connectivity index is 1.53. The summed E-state index contributed by atoms with van der Waals surface area (Å²) in [6.45, 7) is 3.00. The summed E-state index contributed by atoms with van der Waals surface area (Å²) >= 11 is 0. The molecular weight excluding hydrogens is 314 g/mol. The molecule has 134 valence electrons. The summed E-state index contributed by atoms with van der Waals surface area (Å²) in [4.78, 5) is 2.49. The third-order valence-electron chi connectivity index (χ3n) is 6.04. The minimum Gasteiger partial charge on any atom is -0.380 e. The van der Waals surface area contributed by atoms with Crippen molar-refractivity contribution in [1.82, 2.24) is 13.5 Å². The zero-order valence-corrected chi connectivity index (χ0v) is 15.5. The van der Waals surface area contributed by atoms with E-state index in [9.17, 15) is 8.42 Å². The van der Waals surface area contributed by atoms with E-state index in [0.29, 0.717) is 19.1 Å². The fourth-order valence-electron chi connectivity index (χ4n) is 4.01. The lowest BCUT2D eigenvalue weighted by molar-refractivity contribution is 0.0278. The molecule has 1 aliphatic carbocycles. The highest BCUT2D eigenvalue weighted by Crippen LogP contribution is 2.41. The van der Waals surface area contributed by atoms with Gasteiger partial charge >= 0.3 is 0 Å². The van der Waals surface area contributed by atoms with Crippen molar-refractivity contribution in [2.24, 2.45) is 5.92 Å². The van der Waals surface area contributed by atoms with Crippen LogP contribution >= 0.6 is 0 Å². The highest BCUT2D eigenvalue weighted by atomic mass is 32.2. The van der Waals surface area contributed by atoms with Crippen LogP contribution in [0.25, 0.3) is 0 Å². The molecule has 0 unspecified atom stereocenters. The first-order valence-electron chi connectivity index (χ1n) is 8.83. The molecule has 3 rings (SSSR count). The van der Waals surface area contributed by atoms with Gasteiger partial charge in [0.1, 0.15) is 0 Å². The van der Waals surface area contributed by atoms with Gasteiger partial charge in [-0.3, -0.25) is 4.90 Å². The van der Waals surface area contributed by atoms with Gasteiger partial charge in [-0.2, -0.15) is 17.0 Å². The van der Waals surface area contributed by atoms with Gasteiger partial charge in [0.05, 0.1) is 6.61 Å². The van der Waals surface area contributed by atoms with E-state index in [0.717, 1.165) is 38.4 Å². The van der Waals surface area contributed by atoms with Crippen LogP contribution in [0.3, 0.4) is 0 Å². The highest BCUT2D eigenvalue weighted by molar-refractivity contribution is 7.86. The van der Waals surface area contributed by atoms with Crippen LogP contribution in [-0.4, -0.2) is 81.0 Å². The maximum Gasteiger partial charge on any atom is 0.281 e. The standard InChI is InChI=1S/C16H31N3O3S/c1-17(2)23(20,21)19-10-8-16(9-11-19)7-6-15(18(16)3)13-22-12-14-4-5-14/h14-15H,4-13H2,1-3H3/t15-/m1/s1. The summed E-state index contributed by atoms with van der Waals surface area (Å²) in [5.41, 5.74) is 0.173. The van der Waals surface area contributed by atoms with Gasteiger partial charge in [-0.05, 0) is 51.5 Å². The normalized spacial score (nSPS) is 29.7. The second-order valence-corrected chi connectivity index (χ2v) is 9.84. The first-order valence-corrected chi connectivity index (χ1v) is 10.2. The van der Waals surface area contributed by atoms with Gasteiger partial charge in [0, 0.05) is 45.4 Å². The summed E-state index contributed by atoms with van der Waals surface area (Å²) in [6, 6.07) is 0.491. The Morgan fingerprint density at radius 3 is 2.30 bits per heavy atom. The molecule has 0 radical (unpaired) electrons. The number of likely N-dealkylation sites (N-methyl/N-ethyl adjacent to an activating group) is 1. The average molecular weight is 346 g/mol. The van der Waals surface area contributed by atoms with Crippen LogP contribution in [0.5, 0.6) is 0 Å². The van der Waals surface area contributed by atoms with Crippen molar-refractivity contribution in [1.29, 1.82) is 0 Å². The van der Waals surface area contributed by atoms with Crippen molar-refractivity contribution in [2.45, 2.75) is 50.1 Å². The van der Waals surface area contributed by atoms with Crippen molar-refractivity contribution in [3.05, 3.63) is 0 Å². The molecule has 1 atom stereocenters. The molecule has 1 saturated carbocycles. The van der Waals surface area contributed by atoms with E-state index in [1.54, 1.807) is 18.4 Å². The maximum atomic E-state index is 12.3. The van der Waals surface area contributed by atoms with Crippen molar-refractivity contribution in [3.8, 4) is 0 Å². The van der Waals surface area contributed by atoms with E-state index in [1.807, 2.05) is 0 Å². The van der Waals surface area contributed by atoms with Crippen LogP contribution in [0.2, 0.25) is 0 Å². The van der Waals surface area contributed by atoms with Gasteiger partial charge < -0.3 is 4.74 Å². The molecule has 23 heavy (non-hydrogen) atoms. The molecule has 7 heteroatoms. The lowest BCUT2D eigenvalue weighted by Crippen LogP contribution is -2.55. The van der Waals surface area contributed by atoms with Crippen molar-refractivity contribution < 1.29 is 13.2 Å². The van der Waals surface area contributed by atoms with E-state index in [2.05, 4.69) is 11.9 Å². The molecular formula is C16H31N3O3S.